The predicted molar refractivity (Wildman–Crippen MR) is 109 cm³/mol. The lowest BCUT2D eigenvalue weighted by atomic mass is 10.1. The Bertz CT molecular complexity index is 938. The zero-order chi connectivity index (χ0) is 20.6. The van der Waals surface area contributed by atoms with Gasteiger partial charge in [-0.05, 0) is 31.4 Å². The molecular formula is C20H25N5O3S. The molecule has 0 aliphatic carbocycles. The Balaban J connectivity index is 1.47. The number of hydrogen-bond donors (Lipinski definition) is 1. The van der Waals surface area contributed by atoms with E-state index < -0.39 is 0 Å². The van der Waals surface area contributed by atoms with Crippen molar-refractivity contribution >= 4 is 17.7 Å². The monoisotopic (exact) mass is 415 g/mol. The Hall–Kier alpha value is -2.68. The number of carbonyl (C=O) groups excluding carboxylic acids is 1. The first-order chi connectivity index (χ1) is 14.0. The van der Waals surface area contributed by atoms with Crippen LogP contribution in [-0.4, -0.2) is 32.7 Å². The Morgan fingerprint density at radius 1 is 1.14 bits per heavy atom. The zero-order valence-corrected chi connectivity index (χ0v) is 17.7. The summed E-state index contributed by atoms with van der Waals surface area (Å²) in [4.78, 5) is 22.0. The summed E-state index contributed by atoms with van der Waals surface area (Å²) in [7, 11) is 0. The van der Waals surface area contributed by atoms with Crippen molar-refractivity contribution < 1.29 is 13.8 Å². The summed E-state index contributed by atoms with van der Waals surface area (Å²) >= 11 is 1.50. The molecule has 0 aliphatic heterocycles. The van der Waals surface area contributed by atoms with E-state index in [0.717, 1.165) is 23.6 Å². The van der Waals surface area contributed by atoms with E-state index in [4.69, 9.17) is 9.05 Å². The van der Waals surface area contributed by atoms with Gasteiger partial charge in [-0.2, -0.15) is 9.97 Å². The second-order valence-corrected chi connectivity index (χ2v) is 8.10. The summed E-state index contributed by atoms with van der Waals surface area (Å²) in [6, 6.07) is 7.48. The van der Waals surface area contributed by atoms with Gasteiger partial charge < -0.3 is 14.4 Å². The summed E-state index contributed by atoms with van der Waals surface area (Å²) in [5.74, 6) is 3.38. The average Bonchev–Trinajstić information content (AvgIpc) is 3.31. The third-order valence-corrected chi connectivity index (χ3v) is 5.06. The van der Waals surface area contributed by atoms with E-state index in [1.54, 1.807) is 6.92 Å². The number of nitrogens with one attached hydrogen (secondary N) is 1. The fourth-order valence-corrected chi connectivity index (χ4v) is 3.58. The van der Waals surface area contributed by atoms with Gasteiger partial charge >= 0.3 is 0 Å². The van der Waals surface area contributed by atoms with E-state index in [1.807, 2.05) is 24.3 Å². The van der Waals surface area contributed by atoms with Crippen LogP contribution in [0, 0.1) is 12.8 Å². The van der Waals surface area contributed by atoms with Crippen molar-refractivity contribution in [1.29, 1.82) is 0 Å². The molecule has 9 heteroatoms. The molecule has 29 heavy (non-hydrogen) atoms. The number of amides is 1. The Morgan fingerprint density at radius 3 is 2.69 bits per heavy atom. The van der Waals surface area contributed by atoms with Gasteiger partial charge in [0.1, 0.15) is 0 Å². The highest BCUT2D eigenvalue weighted by Gasteiger charge is 2.13. The van der Waals surface area contributed by atoms with Crippen LogP contribution in [0.4, 0.5) is 0 Å². The molecule has 0 aliphatic rings. The second kappa shape index (κ2) is 10.2. The highest BCUT2D eigenvalue weighted by molar-refractivity contribution is 7.98. The largest absolute Gasteiger partial charge is 0.352 e. The van der Waals surface area contributed by atoms with E-state index in [0.29, 0.717) is 47.8 Å². The molecule has 0 unspecified atom stereocenters. The van der Waals surface area contributed by atoms with Crippen molar-refractivity contribution in [2.45, 2.75) is 50.7 Å². The Kier molecular flexibility index (Phi) is 7.40. The Morgan fingerprint density at radius 2 is 1.93 bits per heavy atom. The maximum atomic E-state index is 12.6. The third-order valence-electron chi connectivity index (χ3n) is 4.01. The molecule has 0 atom stereocenters. The van der Waals surface area contributed by atoms with Gasteiger partial charge in [0.25, 0.3) is 5.91 Å². The van der Waals surface area contributed by atoms with Gasteiger partial charge in [0, 0.05) is 24.3 Å². The highest BCUT2D eigenvalue weighted by atomic mass is 32.2. The maximum Gasteiger partial charge on any atom is 0.252 e. The van der Waals surface area contributed by atoms with E-state index >= 15 is 0 Å². The van der Waals surface area contributed by atoms with Crippen molar-refractivity contribution in [2.24, 2.45) is 5.92 Å². The van der Waals surface area contributed by atoms with E-state index in [-0.39, 0.29) is 5.91 Å². The number of carbonyl (C=O) groups is 1. The molecule has 3 aromatic rings. The van der Waals surface area contributed by atoms with E-state index in [9.17, 15) is 4.79 Å². The molecule has 1 N–H and O–H groups in total. The summed E-state index contributed by atoms with van der Waals surface area (Å²) in [5.41, 5.74) is 0.630. The highest BCUT2D eigenvalue weighted by Crippen LogP contribution is 2.25. The topological polar surface area (TPSA) is 107 Å². The first-order valence-corrected chi connectivity index (χ1v) is 10.6. The smallest absolute Gasteiger partial charge is 0.252 e. The average molecular weight is 416 g/mol. The fraction of sp³-hybridized carbons (Fsp3) is 0.450. The standard InChI is InChI=1S/C20H25N5O3S/c1-13(2)11-17-23-18(27-25-17)9-6-10-21-20(26)15-7-4-5-8-16(15)29-12-19-22-14(3)24-28-19/h4-5,7-8,13H,6,9-12H2,1-3H3,(H,21,26). The molecule has 1 aromatic carbocycles. The number of thioether (sulfide) groups is 1. The van der Waals surface area contributed by atoms with Crippen LogP contribution < -0.4 is 5.32 Å². The van der Waals surface area contributed by atoms with Crippen LogP contribution in [0.2, 0.25) is 0 Å². The molecule has 0 radical (unpaired) electrons. The van der Waals surface area contributed by atoms with Gasteiger partial charge in [-0.1, -0.05) is 36.3 Å². The summed E-state index contributed by atoms with van der Waals surface area (Å²) in [6.45, 7) is 6.54. The van der Waals surface area contributed by atoms with Crippen molar-refractivity contribution in [3.05, 3.63) is 53.3 Å². The van der Waals surface area contributed by atoms with Crippen molar-refractivity contribution in [3.8, 4) is 0 Å². The van der Waals surface area contributed by atoms with Crippen LogP contribution in [0.3, 0.4) is 0 Å². The van der Waals surface area contributed by atoms with Crippen molar-refractivity contribution in [2.75, 3.05) is 6.54 Å². The van der Waals surface area contributed by atoms with Gasteiger partial charge in [-0.3, -0.25) is 4.79 Å². The minimum Gasteiger partial charge on any atom is -0.352 e. The molecule has 2 aromatic heterocycles. The van der Waals surface area contributed by atoms with Crippen LogP contribution in [-0.2, 0) is 18.6 Å². The first kappa shape index (κ1) is 21.0. The molecule has 0 bridgehead atoms. The number of aromatic nitrogens is 4. The maximum absolute atomic E-state index is 12.6. The lowest BCUT2D eigenvalue weighted by Gasteiger charge is -2.08. The fourth-order valence-electron chi connectivity index (χ4n) is 2.69. The molecule has 0 saturated carbocycles. The molecule has 1 amide bonds. The molecule has 0 fully saturated rings. The number of rotatable bonds is 10. The van der Waals surface area contributed by atoms with E-state index in [1.165, 1.54) is 11.8 Å². The van der Waals surface area contributed by atoms with Gasteiger partial charge in [-0.15, -0.1) is 11.8 Å². The minimum absolute atomic E-state index is 0.110. The lowest BCUT2D eigenvalue weighted by molar-refractivity contribution is 0.0950. The molecule has 2 heterocycles. The molecule has 3 rings (SSSR count). The quantitative estimate of drug-likeness (QED) is 0.395. The van der Waals surface area contributed by atoms with Crippen LogP contribution in [0.25, 0.3) is 0 Å². The lowest BCUT2D eigenvalue weighted by Crippen LogP contribution is -2.25. The predicted octanol–water partition coefficient (Wildman–Crippen LogP) is 3.61. The van der Waals surface area contributed by atoms with Gasteiger partial charge in [0.2, 0.25) is 11.8 Å². The first-order valence-electron chi connectivity index (χ1n) is 9.62. The minimum atomic E-state index is -0.110. The summed E-state index contributed by atoms with van der Waals surface area (Å²) in [5, 5.41) is 10.7. The summed E-state index contributed by atoms with van der Waals surface area (Å²) < 4.78 is 10.4. The van der Waals surface area contributed by atoms with E-state index in [2.05, 4.69) is 39.4 Å². The van der Waals surface area contributed by atoms with Crippen LogP contribution in [0.15, 0.2) is 38.2 Å². The molecule has 154 valence electrons. The molecule has 8 nitrogen and oxygen atoms in total. The second-order valence-electron chi connectivity index (χ2n) is 7.08. The third kappa shape index (κ3) is 6.42. The normalized spacial score (nSPS) is 11.2. The molecular weight excluding hydrogens is 390 g/mol. The van der Waals surface area contributed by atoms with Gasteiger partial charge in [-0.25, -0.2) is 0 Å². The van der Waals surface area contributed by atoms with Crippen LogP contribution >= 0.6 is 11.8 Å². The van der Waals surface area contributed by atoms with Crippen molar-refractivity contribution in [3.63, 3.8) is 0 Å². The zero-order valence-electron chi connectivity index (χ0n) is 16.8. The van der Waals surface area contributed by atoms with Gasteiger partial charge in [0.15, 0.2) is 11.6 Å². The molecule has 0 saturated heterocycles. The van der Waals surface area contributed by atoms with Crippen LogP contribution in [0.1, 0.15) is 54.1 Å². The molecule has 0 spiro atoms. The SMILES string of the molecule is Cc1noc(CSc2ccccc2C(=O)NCCCc2nc(CC(C)C)no2)n1. The Labute approximate surface area is 173 Å². The number of aryl methyl sites for hydroxylation is 2. The van der Waals surface area contributed by atoms with Gasteiger partial charge in [0.05, 0.1) is 11.3 Å². The van der Waals surface area contributed by atoms with Crippen molar-refractivity contribution in [1.82, 2.24) is 25.6 Å². The van der Waals surface area contributed by atoms with Crippen LogP contribution in [0.5, 0.6) is 0 Å². The number of benzene rings is 1. The number of hydrogen-bond acceptors (Lipinski definition) is 8. The summed E-state index contributed by atoms with van der Waals surface area (Å²) in [6.07, 6.45) is 2.17. The number of nitrogens with zero attached hydrogens (tertiary/aromatic N) is 4.